The lowest BCUT2D eigenvalue weighted by molar-refractivity contribution is -0.122. The highest BCUT2D eigenvalue weighted by Crippen LogP contribution is 2.34. The Morgan fingerprint density at radius 3 is 2.93 bits per heavy atom. The molecule has 2 aromatic rings. The van der Waals surface area contributed by atoms with Gasteiger partial charge < -0.3 is 10.1 Å². The summed E-state index contributed by atoms with van der Waals surface area (Å²) in [6.45, 7) is 2.15. The maximum absolute atomic E-state index is 12.7. The van der Waals surface area contributed by atoms with Crippen molar-refractivity contribution in [3.63, 3.8) is 0 Å². The number of nitrogens with zero attached hydrogens (tertiary/aromatic N) is 1. The first kappa shape index (κ1) is 18.9. The average molecular weight is 464 g/mol. The van der Waals surface area contributed by atoms with Crippen molar-refractivity contribution in [2.45, 2.75) is 30.3 Å². The zero-order chi connectivity index (χ0) is 19.9. The zero-order valence-electron chi connectivity index (χ0n) is 15.0. The van der Waals surface area contributed by atoms with Gasteiger partial charge in [0.2, 0.25) is 5.91 Å². The van der Waals surface area contributed by atoms with Crippen LogP contribution in [0, 0.1) is 0 Å². The first-order valence-electron chi connectivity index (χ1n) is 8.78. The second-order valence-electron chi connectivity index (χ2n) is 6.64. The number of carbonyl (C=O) groups excluding carboxylic acids is 1. The van der Waals surface area contributed by atoms with E-state index < -0.39 is 16.1 Å². The monoisotopic (exact) mass is 463 g/mol. The fraction of sp³-hybridized carbons (Fsp3) is 0.263. The van der Waals surface area contributed by atoms with Crippen molar-refractivity contribution in [1.29, 1.82) is 0 Å². The van der Waals surface area contributed by atoms with E-state index in [0.717, 1.165) is 15.8 Å². The molecule has 28 heavy (non-hydrogen) atoms. The van der Waals surface area contributed by atoms with Crippen LogP contribution in [-0.4, -0.2) is 32.8 Å². The third-order valence-corrected chi connectivity index (χ3v) is 6.58. The second kappa shape index (κ2) is 7.21. The fourth-order valence-electron chi connectivity index (χ4n) is 3.29. The lowest BCUT2D eigenvalue weighted by Crippen LogP contribution is -2.38. The average Bonchev–Trinajstić information content (AvgIpc) is 2.92. The number of fused-ring (bicyclic) bond motifs is 2. The molecule has 0 spiro atoms. The van der Waals surface area contributed by atoms with Crippen LogP contribution in [0.25, 0.3) is 0 Å². The van der Waals surface area contributed by atoms with Crippen LogP contribution in [0.5, 0.6) is 5.75 Å². The lowest BCUT2D eigenvalue weighted by Gasteiger charge is -2.27. The number of nitrogens with one attached hydrogen (secondary N) is 2. The predicted molar refractivity (Wildman–Crippen MR) is 108 cm³/mol. The van der Waals surface area contributed by atoms with Crippen molar-refractivity contribution in [1.82, 2.24) is 10.0 Å². The van der Waals surface area contributed by atoms with Crippen molar-refractivity contribution >= 4 is 37.7 Å². The van der Waals surface area contributed by atoms with Crippen molar-refractivity contribution in [3.05, 3.63) is 58.1 Å². The van der Waals surface area contributed by atoms with Crippen molar-refractivity contribution in [2.24, 2.45) is 4.99 Å². The minimum absolute atomic E-state index is 0.171. The van der Waals surface area contributed by atoms with E-state index in [0.29, 0.717) is 18.6 Å². The highest BCUT2D eigenvalue weighted by Gasteiger charge is 2.31. The molecule has 9 heteroatoms. The molecule has 0 aliphatic carbocycles. The molecular formula is C19H18BrN3O4S. The van der Waals surface area contributed by atoms with E-state index in [4.69, 9.17) is 4.74 Å². The molecule has 2 heterocycles. The van der Waals surface area contributed by atoms with Crippen LogP contribution in [0.15, 0.2) is 56.8 Å². The summed E-state index contributed by atoms with van der Waals surface area (Å²) >= 11 is 3.44. The van der Waals surface area contributed by atoms with Crippen LogP contribution < -0.4 is 14.8 Å². The Hall–Kier alpha value is -2.39. The molecule has 2 aliphatic rings. The topological polar surface area (TPSA) is 96.9 Å². The number of hydrogen-bond acceptors (Lipinski definition) is 5. The molecule has 0 radical (unpaired) electrons. The standard InChI is InChI=1S/C19H18BrN3O4S/c1-11(21-18-13-4-2-3-5-17(13)28(25,26)23-18)19(24)22-15-8-9-27-16-7-6-12(20)10-14(15)16/h2-7,10-11,15H,8-9H2,1H3,(H,21,23)(H,22,24)/t11-,15?/m0/s1. The van der Waals surface area contributed by atoms with Gasteiger partial charge in [-0.05, 0) is 37.3 Å². The smallest absolute Gasteiger partial charge is 0.263 e. The minimum atomic E-state index is -3.63. The van der Waals surface area contributed by atoms with Gasteiger partial charge in [0.15, 0.2) is 0 Å². The highest BCUT2D eigenvalue weighted by atomic mass is 79.9. The van der Waals surface area contributed by atoms with Gasteiger partial charge >= 0.3 is 0 Å². The molecule has 7 nitrogen and oxygen atoms in total. The minimum Gasteiger partial charge on any atom is -0.493 e. The Morgan fingerprint density at radius 2 is 2.11 bits per heavy atom. The van der Waals surface area contributed by atoms with Gasteiger partial charge in [0.05, 0.1) is 17.5 Å². The number of amides is 1. The summed E-state index contributed by atoms with van der Waals surface area (Å²) in [5.41, 5.74) is 1.38. The number of sulfonamides is 1. The fourth-order valence-corrected chi connectivity index (χ4v) is 4.91. The first-order chi connectivity index (χ1) is 13.3. The Balaban J connectivity index is 1.55. The summed E-state index contributed by atoms with van der Waals surface area (Å²) in [7, 11) is -3.63. The van der Waals surface area contributed by atoms with Crippen LogP contribution in [0.4, 0.5) is 0 Å². The van der Waals surface area contributed by atoms with E-state index in [2.05, 4.69) is 31.0 Å². The van der Waals surface area contributed by atoms with Gasteiger partial charge in [0, 0.05) is 22.0 Å². The van der Waals surface area contributed by atoms with Crippen LogP contribution >= 0.6 is 15.9 Å². The molecule has 2 aliphatic heterocycles. The van der Waals surface area contributed by atoms with Crippen molar-refractivity contribution < 1.29 is 17.9 Å². The number of ether oxygens (including phenoxy) is 1. The van der Waals surface area contributed by atoms with Crippen LogP contribution in [0.1, 0.15) is 30.5 Å². The first-order valence-corrected chi connectivity index (χ1v) is 11.1. The van der Waals surface area contributed by atoms with E-state index in [-0.39, 0.29) is 22.7 Å². The lowest BCUT2D eigenvalue weighted by atomic mass is 10.0. The SMILES string of the molecule is C[C@H](N=C1NS(=O)(=O)c2ccccc21)C(=O)NC1CCOc2ccc(Br)cc21. The predicted octanol–water partition coefficient (Wildman–Crippen LogP) is 2.52. The highest BCUT2D eigenvalue weighted by molar-refractivity contribution is 9.10. The van der Waals surface area contributed by atoms with Crippen molar-refractivity contribution in [2.75, 3.05) is 6.61 Å². The summed E-state index contributed by atoms with van der Waals surface area (Å²) < 4.78 is 33.4. The van der Waals surface area contributed by atoms with Crippen LogP contribution in [0.3, 0.4) is 0 Å². The number of hydrogen-bond donors (Lipinski definition) is 2. The normalized spacial score (nSPS) is 21.8. The molecule has 2 aromatic carbocycles. The molecule has 0 aromatic heterocycles. The Labute approximate surface area is 171 Å². The summed E-state index contributed by atoms with van der Waals surface area (Å²) in [5, 5.41) is 3.00. The van der Waals surface area contributed by atoms with Gasteiger partial charge in [-0.25, -0.2) is 8.42 Å². The van der Waals surface area contributed by atoms with Crippen LogP contribution in [-0.2, 0) is 14.8 Å². The molecule has 0 saturated heterocycles. The number of benzene rings is 2. The number of amidine groups is 1. The molecule has 2 atom stereocenters. The Morgan fingerprint density at radius 1 is 1.32 bits per heavy atom. The molecule has 1 unspecified atom stereocenters. The van der Waals surface area contributed by atoms with Gasteiger partial charge in [-0.1, -0.05) is 28.1 Å². The zero-order valence-corrected chi connectivity index (χ0v) is 17.4. The summed E-state index contributed by atoms with van der Waals surface area (Å²) in [6, 6.07) is 11.3. The Kier molecular flexibility index (Phi) is 4.88. The third-order valence-electron chi connectivity index (χ3n) is 4.69. The van der Waals surface area contributed by atoms with E-state index in [1.165, 1.54) is 6.07 Å². The number of aliphatic imine (C=N–C) groups is 1. The molecule has 146 valence electrons. The largest absolute Gasteiger partial charge is 0.493 e. The summed E-state index contributed by atoms with van der Waals surface area (Å²) in [6.07, 6.45) is 0.647. The van der Waals surface area contributed by atoms with Gasteiger partial charge in [0.25, 0.3) is 10.0 Å². The maximum atomic E-state index is 12.7. The van der Waals surface area contributed by atoms with Gasteiger partial charge in [-0.2, -0.15) is 0 Å². The second-order valence-corrected chi connectivity index (χ2v) is 9.20. The van der Waals surface area contributed by atoms with E-state index in [1.54, 1.807) is 25.1 Å². The number of halogens is 1. The number of rotatable bonds is 3. The molecule has 0 fully saturated rings. The summed E-state index contributed by atoms with van der Waals surface area (Å²) in [4.78, 5) is 17.2. The number of carbonyl (C=O) groups is 1. The quantitative estimate of drug-likeness (QED) is 0.730. The third kappa shape index (κ3) is 3.51. The van der Waals surface area contributed by atoms with Gasteiger partial charge in [0.1, 0.15) is 17.6 Å². The molecule has 2 N–H and O–H groups in total. The van der Waals surface area contributed by atoms with E-state index >= 15 is 0 Å². The van der Waals surface area contributed by atoms with Gasteiger partial charge in [-0.3, -0.25) is 14.5 Å². The van der Waals surface area contributed by atoms with E-state index in [9.17, 15) is 13.2 Å². The molecular weight excluding hydrogens is 446 g/mol. The molecule has 0 bridgehead atoms. The van der Waals surface area contributed by atoms with E-state index in [1.807, 2.05) is 18.2 Å². The molecule has 0 saturated carbocycles. The van der Waals surface area contributed by atoms with Crippen LogP contribution in [0.2, 0.25) is 0 Å². The molecule has 1 amide bonds. The maximum Gasteiger partial charge on any atom is 0.263 e. The van der Waals surface area contributed by atoms with Crippen molar-refractivity contribution in [3.8, 4) is 5.75 Å². The molecule has 4 rings (SSSR count). The Bertz CT molecular complexity index is 1080. The summed E-state index contributed by atoms with van der Waals surface area (Å²) in [5.74, 6) is 0.651. The van der Waals surface area contributed by atoms with Gasteiger partial charge in [-0.15, -0.1) is 0 Å².